The maximum atomic E-state index is 11.6. The molecule has 122 valence electrons. The van der Waals surface area contributed by atoms with Gasteiger partial charge in [-0.25, -0.2) is 0 Å². The smallest absolute Gasteiger partial charge is 0.146 e. The average Bonchev–Trinajstić information content (AvgIpc) is 2.57. The van der Waals surface area contributed by atoms with E-state index >= 15 is 0 Å². The van der Waals surface area contributed by atoms with Crippen molar-refractivity contribution in [3.63, 3.8) is 0 Å². The van der Waals surface area contributed by atoms with Crippen molar-refractivity contribution in [2.45, 2.75) is 78.1 Å². The second kappa shape index (κ2) is 12.2. The molecule has 0 saturated carbocycles. The van der Waals surface area contributed by atoms with Crippen LogP contribution in [0.15, 0.2) is 35.9 Å². The van der Waals surface area contributed by atoms with Crippen LogP contribution in [-0.2, 0) is 4.79 Å². The lowest BCUT2D eigenvalue weighted by Gasteiger charge is -2.12. The van der Waals surface area contributed by atoms with Gasteiger partial charge in [0, 0.05) is 0 Å². The van der Waals surface area contributed by atoms with E-state index in [0.29, 0.717) is 0 Å². The number of unbranched alkanes of at least 4 members (excludes halogenated alkanes) is 6. The summed E-state index contributed by atoms with van der Waals surface area (Å²) in [6.07, 6.45) is 12.9. The maximum Gasteiger partial charge on any atom is 0.146 e. The topological polar surface area (TPSA) is 17.1 Å². The summed E-state index contributed by atoms with van der Waals surface area (Å²) in [7, 11) is 0. The predicted molar refractivity (Wildman–Crippen MR) is 96.9 cm³/mol. The zero-order valence-electron chi connectivity index (χ0n) is 14.4. The number of rotatable bonds is 12. The van der Waals surface area contributed by atoms with Gasteiger partial charge in [0.05, 0.1) is 0 Å². The van der Waals surface area contributed by atoms with Crippen LogP contribution in [0.4, 0.5) is 0 Å². The van der Waals surface area contributed by atoms with Crippen molar-refractivity contribution in [2.24, 2.45) is 0 Å². The molecular weight excluding hydrogens is 268 g/mol. The number of hydrogen-bond acceptors (Lipinski definition) is 1. The highest BCUT2D eigenvalue weighted by Gasteiger charge is 2.09. The molecule has 0 saturated heterocycles. The molecule has 0 aliphatic carbocycles. The van der Waals surface area contributed by atoms with Crippen molar-refractivity contribution in [1.82, 2.24) is 0 Å². The molecule has 0 N–H and O–H groups in total. The first-order chi connectivity index (χ1) is 10.8. The zero-order valence-corrected chi connectivity index (χ0v) is 14.4. The van der Waals surface area contributed by atoms with Gasteiger partial charge in [0.25, 0.3) is 0 Å². The Bertz CT molecular complexity index is 430. The largest absolute Gasteiger partial charge is 0.298 e. The van der Waals surface area contributed by atoms with Crippen LogP contribution in [0.5, 0.6) is 0 Å². The summed E-state index contributed by atoms with van der Waals surface area (Å²) >= 11 is 0. The van der Waals surface area contributed by atoms with Crippen LogP contribution in [0.25, 0.3) is 5.57 Å². The van der Waals surface area contributed by atoms with Crippen LogP contribution in [-0.4, -0.2) is 6.29 Å². The van der Waals surface area contributed by atoms with Crippen molar-refractivity contribution >= 4 is 11.9 Å². The van der Waals surface area contributed by atoms with E-state index < -0.39 is 0 Å². The van der Waals surface area contributed by atoms with Gasteiger partial charge in [0.2, 0.25) is 0 Å². The SMILES string of the molecule is CCCCCCC(C=O)=C(CCCCCC)c1ccccc1. The van der Waals surface area contributed by atoms with Crippen LogP contribution in [0.3, 0.4) is 0 Å². The Morgan fingerprint density at radius 3 is 1.95 bits per heavy atom. The maximum absolute atomic E-state index is 11.6. The number of allylic oxidation sites excluding steroid dienone is 2. The van der Waals surface area contributed by atoms with Crippen molar-refractivity contribution in [3.05, 3.63) is 41.5 Å². The molecule has 1 aromatic rings. The fourth-order valence-corrected chi connectivity index (χ4v) is 2.88. The third-order valence-electron chi connectivity index (χ3n) is 4.23. The van der Waals surface area contributed by atoms with Crippen molar-refractivity contribution in [2.75, 3.05) is 0 Å². The normalized spacial score (nSPS) is 12.1. The first-order valence-corrected chi connectivity index (χ1v) is 9.06. The molecule has 0 aliphatic heterocycles. The molecular formula is C21H32O. The summed E-state index contributed by atoms with van der Waals surface area (Å²) in [6, 6.07) is 10.5. The molecule has 1 nitrogen and oxygen atoms in total. The van der Waals surface area contributed by atoms with Crippen LogP contribution in [0.1, 0.15) is 83.6 Å². The highest BCUT2D eigenvalue weighted by molar-refractivity contribution is 5.88. The number of carbonyl (C=O) groups is 1. The predicted octanol–water partition coefficient (Wildman–Crippen LogP) is 6.58. The number of benzene rings is 1. The lowest BCUT2D eigenvalue weighted by Crippen LogP contribution is -1.96. The Morgan fingerprint density at radius 1 is 0.818 bits per heavy atom. The molecule has 1 rings (SSSR count). The van der Waals surface area contributed by atoms with Gasteiger partial charge in [-0.3, -0.25) is 4.79 Å². The molecule has 0 amide bonds. The zero-order chi connectivity index (χ0) is 16.0. The van der Waals surface area contributed by atoms with Crippen LogP contribution >= 0.6 is 0 Å². The third-order valence-corrected chi connectivity index (χ3v) is 4.23. The summed E-state index contributed by atoms with van der Waals surface area (Å²) in [5, 5.41) is 0. The van der Waals surface area contributed by atoms with E-state index in [2.05, 4.69) is 38.1 Å². The van der Waals surface area contributed by atoms with Crippen molar-refractivity contribution < 1.29 is 4.79 Å². The lowest BCUT2D eigenvalue weighted by molar-refractivity contribution is -0.105. The summed E-state index contributed by atoms with van der Waals surface area (Å²) in [6.45, 7) is 4.46. The second-order valence-electron chi connectivity index (χ2n) is 6.11. The number of carbonyl (C=O) groups excluding carboxylic acids is 1. The van der Waals surface area contributed by atoms with E-state index in [0.717, 1.165) is 31.1 Å². The molecule has 0 aliphatic rings. The second-order valence-corrected chi connectivity index (χ2v) is 6.11. The van der Waals surface area contributed by atoms with E-state index in [1.165, 1.54) is 56.1 Å². The average molecular weight is 300 g/mol. The monoisotopic (exact) mass is 300 g/mol. The summed E-state index contributed by atoms with van der Waals surface area (Å²) in [5.74, 6) is 0. The summed E-state index contributed by atoms with van der Waals surface area (Å²) in [4.78, 5) is 11.6. The summed E-state index contributed by atoms with van der Waals surface area (Å²) < 4.78 is 0. The van der Waals surface area contributed by atoms with Crippen molar-refractivity contribution in [1.29, 1.82) is 0 Å². The highest BCUT2D eigenvalue weighted by Crippen LogP contribution is 2.27. The molecule has 0 heterocycles. The van der Waals surface area contributed by atoms with Gasteiger partial charge in [0.1, 0.15) is 6.29 Å². The molecule has 0 unspecified atom stereocenters. The van der Waals surface area contributed by atoms with Gasteiger partial charge in [0.15, 0.2) is 0 Å². The third kappa shape index (κ3) is 7.06. The quantitative estimate of drug-likeness (QED) is 0.242. The minimum absolute atomic E-state index is 0.932. The van der Waals surface area contributed by atoms with Gasteiger partial charge < -0.3 is 0 Å². The molecule has 0 spiro atoms. The Morgan fingerprint density at radius 2 is 1.41 bits per heavy atom. The number of hydrogen-bond donors (Lipinski definition) is 0. The summed E-state index contributed by atoms with van der Waals surface area (Å²) in [5.41, 5.74) is 3.54. The molecule has 1 aromatic carbocycles. The van der Waals surface area contributed by atoms with E-state index in [-0.39, 0.29) is 0 Å². The molecule has 1 heteroatoms. The molecule has 22 heavy (non-hydrogen) atoms. The molecule has 0 fully saturated rings. The van der Waals surface area contributed by atoms with Gasteiger partial charge in [-0.05, 0) is 42.4 Å². The molecule has 0 atom stereocenters. The molecule has 0 bridgehead atoms. The Labute approximate surface area is 136 Å². The molecule has 0 radical (unpaired) electrons. The van der Waals surface area contributed by atoms with Crippen molar-refractivity contribution in [3.8, 4) is 0 Å². The van der Waals surface area contributed by atoms with Gasteiger partial charge in [-0.1, -0.05) is 82.7 Å². The van der Waals surface area contributed by atoms with Crippen LogP contribution in [0, 0.1) is 0 Å². The minimum atomic E-state index is 0.932. The van der Waals surface area contributed by atoms with Gasteiger partial charge in [-0.15, -0.1) is 0 Å². The number of aldehydes is 1. The van der Waals surface area contributed by atoms with E-state index in [4.69, 9.17) is 0 Å². The standard InChI is InChI=1S/C21H32O/c1-3-5-7-10-16-20(18-22)21(17-13-8-6-4-2)19-14-11-9-12-15-19/h9,11-12,14-15,18H,3-8,10,13,16-17H2,1-2H3. The Kier molecular flexibility index (Phi) is 10.4. The Hall–Kier alpha value is -1.37. The van der Waals surface area contributed by atoms with Gasteiger partial charge >= 0.3 is 0 Å². The molecule has 0 aromatic heterocycles. The van der Waals surface area contributed by atoms with E-state index in [9.17, 15) is 4.79 Å². The van der Waals surface area contributed by atoms with Crippen LogP contribution in [0.2, 0.25) is 0 Å². The lowest BCUT2D eigenvalue weighted by atomic mass is 9.92. The fraction of sp³-hybridized carbons (Fsp3) is 0.571. The van der Waals surface area contributed by atoms with Gasteiger partial charge in [-0.2, -0.15) is 0 Å². The Balaban J connectivity index is 2.79. The highest BCUT2D eigenvalue weighted by atomic mass is 16.1. The fourth-order valence-electron chi connectivity index (χ4n) is 2.88. The minimum Gasteiger partial charge on any atom is -0.298 e. The van der Waals surface area contributed by atoms with E-state index in [1.807, 2.05) is 6.07 Å². The van der Waals surface area contributed by atoms with Crippen LogP contribution < -0.4 is 0 Å². The van der Waals surface area contributed by atoms with E-state index in [1.54, 1.807) is 0 Å². The first-order valence-electron chi connectivity index (χ1n) is 9.06. The first kappa shape index (κ1) is 18.7.